The van der Waals surface area contributed by atoms with Crippen LogP contribution in [0.5, 0.6) is 5.75 Å². The van der Waals surface area contributed by atoms with Crippen LogP contribution in [-0.4, -0.2) is 58.3 Å². The molecule has 6 nitrogen and oxygen atoms in total. The van der Waals surface area contributed by atoms with Crippen molar-refractivity contribution in [3.8, 4) is 5.75 Å². The molecule has 1 aliphatic heterocycles. The lowest BCUT2D eigenvalue weighted by molar-refractivity contribution is 0.0833. The molecule has 2 N–H and O–H groups in total. The molecule has 0 unspecified atom stereocenters. The number of nitrogen functional groups attached to an aromatic ring is 1. The fourth-order valence-electron chi connectivity index (χ4n) is 1.95. The van der Waals surface area contributed by atoms with Crippen LogP contribution in [0.15, 0.2) is 0 Å². The summed E-state index contributed by atoms with van der Waals surface area (Å²) in [5, 5.41) is 0.911. The number of carbonyl (C=O) groups excluding carboxylic acids is 1. The van der Waals surface area contributed by atoms with Crippen molar-refractivity contribution >= 4 is 27.9 Å². The first kappa shape index (κ1) is 14.0. The first-order chi connectivity index (χ1) is 9.06. The van der Waals surface area contributed by atoms with Gasteiger partial charge in [0.25, 0.3) is 5.91 Å². The highest BCUT2D eigenvalue weighted by Crippen LogP contribution is 2.45. The highest BCUT2D eigenvalue weighted by Gasteiger charge is 2.26. The van der Waals surface area contributed by atoms with Crippen molar-refractivity contribution in [2.45, 2.75) is 0 Å². The van der Waals surface area contributed by atoms with Crippen LogP contribution in [-0.2, 0) is 4.74 Å². The van der Waals surface area contributed by atoms with Crippen molar-refractivity contribution < 1.29 is 14.3 Å². The summed E-state index contributed by atoms with van der Waals surface area (Å²) in [5.74, 6) is 0.498. The van der Waals surface area contributed by atoms with E-state index in [1.165, 1.54) is 16.2 Å². The predicted molar refractivity (Wildman–Crippen MR) is 76.3 cm³/mol. The average molecular weight is 285 g/mol. The summed E-state index contributed by atoms with van der Waals surface area (Å²) in [5.41, 5.74) is 6.46. The Balaban J connectivity index is 2.37. The summed E-state index contributed by atoms with van der Waals surface area (Å²) in [6.45, 7) is 2.92. The minimum Gasteiger partial charge on any atom is -0.492 e. The zero-order valence-electron chi connectivity index (χ0n) is 11.4. The molecule has 1 aliphatic rings. The minimum atomic E-state index is -0.0969. The Labute approximate surface area is 116 Å². The monoisotopic (exact) mass is 285 g/mol. The number of ether oxygens (including phenoxy) is 2. The number of morpholine rings is 1. The predicted octanol–water partition coefficient (Wildman–Crippen LogP) is 0.877. The smallest absolute Gasteiger partial charge is 0.265 e. The van der Waals surface area contributed by atoms with Gasteiger partial charge in [-0.2, -0.15) is 0 Å². The van der Waals surface area contributed by atoms with E-state index in [2.05, 4.69) is 4.90 Å². The number of thiophene rings is 1. The molecule has 0 aromatic carbocycles. The van der Waals surface area contributed by atoms with Crippen LogP contribution in [0.25, 0.3) is 0 Å². The van der Waals surface area contributed by atoms with Crippen molar-refractivity contribution in [3.63, 3.8) is 0 Å². The SMILES string of the molecule is COc1c(N2CCOCC2)sc(C(=O)N(C)C)c1N. The molecule has 1 fully saturated rings. The number of methoxy groups -OCH3 is 1. The second-order valence-corrected chi connectivity index (χ2v) is 5.48. The quantitative estimate of drug-likeness (QED) is 0.893. The number of anilines is 2. The van der Waals surface area contributed by atoms with Gasteiger partial charge in [0.15, 0.2) is 5.75 Å². The molecule has 2 rings (SSSR count). The Hall–Kier alpha value is -1.47. The van der Waals surface area contributed by atoms with E-state index in [0.717, 1.165) is 18.1 Å². The zero-order chi connectivity index (χ0) is 14.0. The number of hydrogen-bond donors (Lipinski definition) is 1. The Morgan fingerprint density at radius 3 is 2.58 bits per heavy atom. The van der Waals surface area contributed by atoms with Crippen LogP contribution in [0.4, 0.5) is 10.7 Å². The molecule has 0 bridgehead atoms. The van der Waals surface area contributed by atoms with Crippen LogP contribution < -0.4 is 15.4 Å². The van der Waals surface area contributed by atoms with Crippen LogP contribution in [0, 0.1) is 0 Å². The van der Waals surface area contributed by atoms with Crippen LogP contribution in [0.2, 0.25) is 0 Å². The minimum absolute atomic E-state index is 0.0969. The highest BCUT2D eigenvalue weighted by atomic mass is 32.1. The van der Waals surface area contributed by atoms with Gasteiger partial charge in [0, 0.05) is 27.2 Å². The van der Waals surface area contributed by atoms with Crippen molar-refractivity contribution in [2.75, 3.05) is 58.1 Å². The fraction of sp³-hybridized carbons (Fsp3) is 0.583. The summed E-state index contributed by atoms with van der Waals surface area (Å²) in [6.07, 6.45) is 0. The third-order valence-corrected chi connectivity index (χ3v) is 4.22. The molecule has 19 heavy (non-hydrogen) atoms. The maximum Gasteiger partial charge on any atom is 0.265 e. The van der Waals surface area contributed by atoms with Crippen molar-refractivity contribution in [1.82, 2.24) is 4.90 Å². The van der Waals surface area contributed by atoms with Crippen LogP contribution in [0.1, 0.15) is 9.67 Å². The summed E-state index contributed by atoms with van der Waals surface area (Å²) >= 11 is 1.38. The Morgan fingerprint density at radius 2 is 2.05 bits per heavy atom. The lowest BCUT2D eigenvalue weighted by Gasteiger charge is -2.27. The number of nitrogens with zero attached hydrogens (tertiary/aromatic N) is 2. The molecule has 0 atom stereocenters. The summed E-state index contributed by atoms with van der Waals surface area (Å²) in [7, 11) is 5.00. The fourth-order valence-corrected chi connectivity index (χ4v) is 3.21. The van der Waals surface area contributed by atoms with E-state index in [1.54, 1.807) is 21.2 Å². The van der Waals surface area contributed by atoms with E-state index < -0.39 is 0 Å². The van der Waals surface area contributed by atoms with E-state index in [1.807, 2.05) is 0 Å². The second-order valence-electron chi connectivity index (χ2n) is 4.48. The molecule has 0 spiro atoms. The number of amides is 1. The second kappa shape index (κ2) is 5.66. The highest BCUT2D eigenvalue weighted by molar-refractivity contribution is 7.19. The third-order valence-electron chi connectivity index (χ3n) is 2.99. The molecule has 1 aromatic rings. The first-order valence-corrected chi connectivity index (χ1v) is 6.88. The normalized spacial score (nSPS) is 15.4. The molecule has 0 saturated carbocycles. The molecule has 2 heterocycles. The molecule has 7 heteroatoms. The van der Waals surface area contributed by atoms with E-state index in [4.69, 9.17) is 15.2 Å². The van der Waals surface area contributed by atoms with Crippen molar-refractivity contribution in [1.29, 1.82) is 0 Å². The van der Waals surface area contributed by atoms with Gasteiger partial charge in [-0.3, -0.25) is 4.79 Å². The first-order valence-electron chi connectivity index (χ1n) is 6.06. The summed E-state index contributed by atoms with van der Waals surface area (Å²) < 4.78 is 10.7. The van der Waals surface area contributed by atoms with Gasteiger partial charge >= 0.3 is 0 Å². The molecule has 1 aromatic heterocycles. The molecule has 0 aliphatic carbocycles. The topological polar surface area (TPSA) is 68.0 Å². The summed E-state index contributed by atoms with van der Waals surface area (Å²) in [4.78, 5) is 16.3. The van der Waals surface area contributed by atoms with Crippen molar-refractivity contribution in [2.24, 2.45) is 0 Å². The number of carbonyl (C=O) groups is 1. The number of hydrogen-bond acceptors (Lipinski definition) is 6. The largest absolute Gasteiger partial charge is 0.492 e. The zero-order valence-corrected chi connectivity index (χ0v) is 12.2. The van der Waals surface area contributed by atoms with E-state index >= 15 is 0 Å². The van der Waals surface area contributed by atoms with Gasteiger partial charge in [-0.1, -0.05) is 0 Å². The summed E-state index contributed by atoms with van der Waals surface area (Å²) in [6, 6.07) is 0. The van der Waals surface area contributed by atoms with Crippen LogP contribution >= 0.6 is 11.3 Å². The number of rotatable bonds is 3. The van der Waals surface area contributed by atoms with Gasteiger partial charge in [0.2, 0.25) is 0 Å². The average Bonchev–Trinajstić information content (AvgIpc) is 2.75. The Kier molecular flexibility index (Phi) is 4.16. The number of nitrogens with two attached hydrogens (primary N) is 1. The van der Waals surface area contributed by atoms with E-state index in [9.17, 15) is 4.79 Å². The maximum atomic E-state index is 12.1. The van der Waals surface area contributed by atoms with E-state index in [-0.39, 0.29) is 5.91 Å². The maximum absolute atomic E-state index is 12.1. The standard InChI is InChI=1S/C12H19N3O3S/c1-14(2)11(16)10-8(13)9(17-3)12(19-10)15-4-6-18-7-5-15/h4-7,13H2,1-3H3. The van der Waals surface area contributed by atoms with Crippen molar-refractivity contribution in [3.05, 3.63) is 4.88 Å². The molecule has 1 saturated heterocycles. The van der Waals surface area contributed by atoms with Gasteiger partial charge in [-0.25, -0.2) is 0 Å². The van der Waals surface area contributed by atoms with E-state index in [0.29, 0.717) is 29.5 Å². The lowest BCUT2D eigenvalue weighted by atomic mass is 10.3. The molecule has 106 valence electrons. The van der Waals surface area contributed by atoms with Crippen LogP contribution in [0.3, 0.4) is 0 Å². The molecule has 1 amide bonds. The van der Waals surface area contributed by atoms with Gasteiger partial charge in [0.05, 0.1) is 20.3 Å². The molecule has 0 radical (unpaired) electrons. The van der Waals surface area contributed by atoms with Gasteiger partial charge in [-0.05, 0) is 0 Å². The Morgan fingerprint density at radius 1 is 1.42 bits per heavy atom. The van der Waals surface area contributed by atoms with Gasteiger partial charge in [0.1, 0.15) is 15.6 Å². The Bertz CT molecular complexity index is 467. The van der Waals surface area contributed by atoms with Gasteiger partial charge < -0.3 is 25.0 Å². The molecular formula is C12H19N3O3S. The third kappa shape index (κ3) is 2.62. The van der Waals surface area contributed by atoms with Gasteiger partial charge in [-0.15, -0.1) is 11.3 Å². The molecular weight excluding hydrogens is 266 g/mol. The lowest BCUT2D eigenvalue weighted by Crippen LogP contribution is -2.35.